The number of carbonyl (C=O) groups excluding carboxylic acids is 2. The molecule has 1 saturated carbocycles. The Morgan fingerprint density at radius 1 is 1.00 bits per heavy atom. The van der Waals surface area contributed by atoms with Crippen molar-refractivity contribution >= 4 is 11.8 Å². The summed E-state index contributed by atoms with van der Waals surface area (Å²) in [5, 5.41) is 15.1. The van der Waals surface area contributed by atoms with E-state index in [1.165, 1.54) is 18.7 Å². The fourth-order valence-corrected chi connectivity index (χ4v) is 3.13. The minimum absolute atomic E-state index is 0.175. The quantitative estimate of drug-likeness (QED) is 0.543. The highest BCUT2D eigenvalue weighted by Gasteiger charge is 2.51. The van der Waals surface area contributed by atoms with E-state index in [0.717, 1.165) is 5.56 Å². The summed E-state index contributed by atoms with van der Waals surface area (Å²) in [4.78, 5) is 32.8. The maximum absolute atomic E-state index is 12.8. The van der Waals surface area contributed by atoms with E-state index < -0.39 is 5.54 Å². The lowest BCUT2D eigenvalue weighted by molar-refractivity contribution is -0.124. The Morgan fingerprint density at radius 3 is 2.16 bits per heavy atom. The molecule has 1 heterocycles. The third kappa shape index (κ3) is 4.80. The number of phenols is 1. The van der Waals surface area contributed by atoms with Crippen molar-refractivity contribution in [2.45, 2.75) is 31.3 Å². The molecule has 31 heavy (non-hydrogen) atoms. The van der Waals surface area contributed by atoms with Crippen LogP contribution < -0.4 is 15.4 Å². The van der Waals surface area contributed by atoms with Crippen molar-refractivity contribution in [1.29, 1.82) is 0 Å². The molecule has 1 aliphatic rings. The van der Waals surface area contributed by atoms with Gasteiger partial charge in [-0.25, -0.2) is 9.97 Å². The first-order valence-corrected chi connectivity index (χ1v) is 9.90. The van der Waals surface area contributed by atoms with E-state index in [4.69, 9.17) is 4.74 Å². The van der Waals surface area contributed by atoms with Crippen molar-refractivity contribution in [3.05, 3.63) is 78.4 Å². The number of amides is 2. The largest absolute Gasteiger partial charge is 0.508 e. The number of hydrogen-bond donors (Lipinski definition) is 3. The van der Waals surface area contributed by atoms with Crippen molar-refractivity contribution in [3.8, 4) is 17.2 Å². The number of phenolic OH excluding ortho intramolecular Hbond substituents is 1. The summed E-state index contributed by atoms with van der Waals surface area (Å²) in [5.74, 6) is 0.853. The number of nitrogens with zero attached hydrogens (tertiary/aromatic N) is 2. The molecule has 1 unspecified atom stereocenters. The average molecular weight is 418 g/mol. The van der Waals surface area contributed by atoms with Crippen molar-refractivity contribution in [2.24, 2.45) is 0 Å². The highest BCUT2D eigenvalue weighted by molar-refractivity contribution is 6.00. The van der Waals surface area contributed by atoms with E-state index in [0.29, 0.717) is 29.9 Å². The second-order valence-electron chi connectivity index (χ2n) is 7.52. The van der Waals surface area contributed by atoms with E-state index in [1.807, 2.05) is 31.2 Å². The van der Waals surface area contributed by atoms with Gasteiger partial charge in [-0.2, -0.15) is 0 Å². The molecule has 158 valence electrons. The number of rotatable bonds is 7. The molecule has 8 nitrogen and oxygen atoms in total. The zero-order chi connectivity index (χ0) is 21.8. The van der Waals surface area contributed by atoms with Crippen LogP contribution >= 0.6 is 0 Å². The van der Waals surface area contributed by atoms with Crippen LogP contribution in [0.25, 0.3) is 0 Å². The molecule has 0 spiro atoms. The lowest BCUT2D eigenvalue weighted by Crippen LogP contribution is -2.49. The van der Waals surface area contributed by atoms with E-state index in [1.54, 1.807) is 24.3 Å². The molecule has 2 amide bonds. The molecule has 0 bridgehead atoms. The summed E-state index contributed by atoms with van der Waals surface area (Å²) >= 11 is 0. The lowest BCUT2D eigenvalue weighted by atomic mass is 10.1. The van der Waals surface area contributed by atoms with Gasteiger partial charge in [0.1, 0.15) is 29.1 Å². The number of aromatic hydroxyl groups is 1. The molecule has 1 aliphatic carbocycles. The third-order valence-corrected chi connectivity index (χ3v) is 5.16. The number of ether oxygens (including phenoxy) is 1. The maximum atomic E-state index is 12.8. The van der Waals surface area contributed by atoms with Crippen LogP contribution in [0.15, 0.2) is 67.3 Å². The smallest absolute Gasteiger partial charge is 0.255 e. The monoisotopic (exact) mass is 418 g/mol. The molecular formula is C23H22N4O4. The first-order valence-electron chi connectivity index (χ1n) is 9.90. The van der Waals surface area contributed by atoms with Crippen LogP contribution in [0.1, 0.15) is 41.7 Å². The Labute approximate surface area is 179 Å². The molecule has 8 heteroatoms. The van der Waals surface area contributed by atoms with Gasteiger partial charge in [-0.3, -0.25) is 9.59 Å². The van der Waals surface area contributed by atoms with E-state index >= 15 is 0 Å². The van der Waals surface area contributed by atoms with Crippen molar-refractivity contribution < 1.29 is 19.4 Å². The Balaban J connectivity index is 1.35. The SMILES string of the molecule is CC(NC(=O)C1(NC(=O)c2cncnc2)CC1)c1ccc(Oc2ccc(O)cc2)cc1. The molecule has 0 radical (unpaired) electrons. The van der Waals surface area contributed by atoms with Crippen LogP contribution in [0, 0.1) is 0 Å². The first kappa shape index (κ1) is 20.3. The predicted molar refractivity (Wildman–Crippen MR) is 113 cm³/mol. The molecule has 4 rings (SSSR count). The summed E-state index contributed by atoms with van der Waals surface area (Å²) in [7, 11) is 0. The third-order valence-electron chi connectivity index (χ3n) is 5.16. The lowest BCUT2D eigenvalue weighted by Gasteiger charge is -2.21. The standard InChI is InChI=1S/C23H22N4O4/c1-15(16-2-6-19(7-3-16)31-20-8-4-18(28)5-9-20)26-22(30)23(10-11-23)27-21(29)17-12-24-14-25-13-17/h2-9,12-15,28H,10-11H2,1H3,(H,26,30)(H,27,29). The van der Waals surface area contributed by atoms with Crippen LogP contribution in [0.3, 0.4) is 0 Å². The van der Waals surface area contributed by atoms with Crippen LogP contribution in [0.2, 0.25) is 0 Å². The van der Waals surface area contributed by atoms with E-state index in [9.17, 15) is 14.7 Å². The Kier molecular flexibility index (Phi) is 5.53. The van der Waals surface area contributed by atoms with Gasteiger partial charge in [-0.1, -0.05) is 12.1 Å². The maximum Gasteiger partial charge on any atom is 0.255 e. The summed E-state index contributed by atoms with van der Waals surface area (Å²) in [5.41, 5.74) is 0.340. The Hall–Kier alpha value is -3.94. The molecule has 1 aromatic heterocycles. The van der Waals surface area contributed by atoms with Crippen molar-refractivity contribution in [2.75, 3.05) is 0 Å². The molecule has 0 saturated heterocycles. The van der Waals surface area contributed by atoms with Gasteiger partial charge in [0.15, 0.2) is 0 Å². The second kappa shape index (κ2) is 8.43. The topological polar surface area (TPSA) is 113 Å². The number of hydrogen-bond acceptors (Lipinski definition) is 6. The summed E-state index contributed by atoms with van der Waals surface area (Å²) < 4.78 is 5.74. The predicted octanol–water partition coefficient (Wildman–Crippen LogP) is 3.11. The van der Waals surface area contributed by atoms with Gasteiger partial charge in [0, 0.05) is 12.4 Å². The summed E-state index contributed by atoms with van der Waals surface area (Å²) in [6, 6.07) is 13.6. The van der Waals surface area contributed by atoms with E-state index in [-0.39, 0.29) is 23.6 Å². The highest BCUT2D eigenvalue weighted by Crippen LogP contribution is 2.36. The highest BCUT2D eigenvalue weighted by atomic mass is 16.5. The van der Waals surface area contributed by atoms with Gasteiger partial charge >= 0.3 is 0 Å². The minimum atomic E-state index is -0.886. The zero-order valence-corrected chi connectivity index (χ0v) is 16.9. The van der Waals surface area contributed by atoms with Crippen molar-refractivity contribution in [3.63, 3.8) is 0 Å². The molecule has 0 aliphatic heterocycles. The summed E-state index contributed by atoms with van der Waals surface area (Å²) in [6.45, 7) is 1.89. The second-order valence-corrected chi connectivity index (χ2v) is 7.52. The normalized spacial score (nSPS) is 14.9. The van der Waals surface area contributed by atoms with Gasteiger partial charge in [0.05, 0.1) is 11.6 Å². The number of carbonyl (C=O) groups is 2. The number of nitrogens with one attached hydrogen (secondary N) is 2. The van der Waals surface area contributed by atoms with Crippen molar-refractivity contribution in [1.82, 2.24) is 20.6 Å². The fraction of sp³-hybridized carbons (Fsp3) is 0.217. The molecule has 1 atom stereocenters. The number of benzene rings is 2. The van der Waals surface area contributed by atoms with Gasteiger partial charge < -0.3 is 20.5 Å². The van der Waals surface area contributed by atoms with Gasteiger partial charge in [-0.05, 0) is 61.7 Å². The molecular weight excluding hydrogens is 396 g/mol. The first-order chi connectivity index (χ1) is 14.9. The Morgan fingerprint density at radius 2 is 1.58 bits per heavy atom. The summed E-state index contributed by atoms with van der Waals surface area (Å²) in [6.07, 6.45) is 5.36. The zero-order valence-electron chi connectivity index (χ0n) is 16.9. The minimum Gasteiger partial charge on any atom is -0.508 e. The Bertz CT molecular complexity index is 1060. The van der Waals surface area contributed by atoms with Crippen LogP contribution in [-0.2, 0) is 4.79 Å². The fourth-order valence-electron chi connectivity index (χ4n) is 3.13. The van der Waals surface area contributed by atoms with Crippen LogP contribution in [-0.4, -0.2) is 32.4 Å². The van der Waals surface area contributed by atoms with Gasteiger partial charge in [0.2, 0.25) is 5.91 Å². The van der Waals surface area contributed by atoms with E-state index in [2.05, 4.69) is 20.6 Å². The van der Waals surface area contributed by atoms with Gasteiger partial charge in [-0.15, -0.1) is 0 Å². The van der Waals surface area contributed by atoms with Gasteiger partial charge in [0.25, 0.3) is 5.91 Å². The molecule has 3 aromatic rings. The van der Waals surface area contributed by atoms with Crippen LogP contribution in [0.4, 0.5) is 0 Å². The van der Waals surface area contributed by atoms with Crippen LogP contribution in [0.5, 0.6) is 17.2 Å². The molecule has 2 aromatic carbocycles. The average Bonchev–Trinajstić information content (AvgIpc) is 3.57. The number of aromatic nitrogens is 2. The molecule has 1 fully saturated rings. The molecule has 3 N–H and O–H groups in total.